The highest BCUT2D eigenvalue weighted by Gasteiger charge is 2.16. The molecule has 0 saturated heterocycles. The molecule has 0 spiro atoms. The molecule has 0 amide bonds. The minimum atomic E-state index is -0.931. The van der Waals surface area contributed by atoms with E-state index in [0.29, 0.717) is 16.5 Å². The fourth-order valence-corrected chi connectivity index (χ4v) is 3.57. The molecule has 25 heavy (non-hydrogen) atoms. The number of carbonyl (C=O) groups is 2. The molecule has 0 aliphatic heterocycles. The van der Waals surface area contributed by atoms with Gasteiger partial charge in [0.2, 0.25) is 0 Å². The number of rotatable bonds is 6. The van der Waals surface area contributed by atoms with E-state index in [1.807, 2.05) is 36.4 Å². The second-order valence-electron chi connectivity index (χ2n) is 5.30. The molecule has 1 heterocycles. The molecule has 0 unspecified atom stereocenters. The molecule has 0 bridgehead atoms. The van der Waals surface area contributed by atoms with E-state index in [1.165, 1.54) is 18.9 Å². The van der Waals surface area contributed by atoms with E-state index in [-0.39, 0.29) is 6.54 Å². The molecule has 6 nitrogen and oxygen atoms in total. The Morgan fingerprint density at radius 3 is 2.64 bits per heavy atom. The van der Waals surface area contributed by atoms with Crippen LogP contribution in [0.25, 0.3) is 11.0 Å². The lowest BCUT2D eigenvalue weighted by molar-refractivity contribution is -0.137. The van der Waals surface area contributed by atoms with Crippen LogP contribution < -0.4 is 0 Å². The second-order valence-corrected chi connectivity index (χ2v) is 6.24. The van der Waals surface area contributed by atoms with Gasteiger partial charge < -0.3 is 14.4 Å². The predicted octanol–water partition coefficient (Wildman–Crippen LogP) is 3.20. The number of imidazole rings is 1. The number of nitrogens with zero attached hydrogens (tertiary/aromatic N) is 2. The number of carboxylic acids is 1. The number of ether oxygens (including phenoxy) is 1. The van der Waals surface area contributed by atoms with Gasteiger partial charge in [0, 0.05) is 5.75 Å². The number of hydrogen-bond acceptors (Lipinski definition) is 5. The van der Waals surface area contributed by atoms with Gasteiger partial charge in [0.1, 0.15) is 6.54 Å². The molecule has 128 valence electrons. The Morgan fingerprint density at radius 2 is 1.88 bits per heavy atom. The standard InChI is InChI=1S/C18H16N2O4S/c1-24-17(23)13-7-3-2-6-12(13)11-25-18-19-14-8-4-5-9-15(14)20(18)10-16(21)22/h2-9H,10-11H2,1H3,(H,21,22). The Balaban J connectivity index is 1.91. The molecule has 0 aliphatic rings. The number of methoxy groups -OCH3 is 1. The van der Waals surface area contributed by atoms with Crippen molar-refractivity contribution in [3.63, 3.8) is 0 Å². The molecular formula is C18H16N2O4S. The molecule has 1 aromatic heterocycles. The molecule has 0 aliphatic carbocycles. The van der Waals surface area contributed by atoms with E-state index < -0.39 is 11.9 Å². The molecule has 0 radical (unpaired) electrons. The lowest BCUT2D eigenvalue weighted by Gasteiger charge is -2.08. The topological polar surface area (TPSA) is 81.4 Å². The molecule has 7 heteroatoms. The van der Waals surface area contributed by atoms with Gasteiger partial charge in [-0.3, -0.25) is 4.79 Å². The summed E-state index contributed by atoms with van der Waals surface area (Å²) in [7, 11) is 1.35. The van der Waals surface area contributed by atoms with Crippen molar-refractivity contribution >= 4 is 34.7 Å². The van der Waals surface area contributed by atoms with Crippen LogP contribution in [0.3, 0.4) is 0 Å². The summed E-state index contributed by atoms with van der Waals surface area (Å²) in [6, 6.07) is 14.6. The number of para-hydroxylation sites is 2. The van der Waals surface area contributed by atoms with E-state index >= 15 is 0 Å². The van der Waals surface area contributed by atoms with Gasteiger partial charge in [-0.1, -0.05) is 42.1 Å². The van der Waals surface area contributed by atoms with Crippen LogP contribution in [-0.2, 0) is 21.8 Å². The van der Waals surface area contributed by atoms with E-state index in [4.69, 9.17) is 4.74 Å². The third-order valence-corrected chi connectivity index (χ3v) is 4.72. The van der Waals surface area contributed by atoms with Gasteiger partial charge in [0.15, 0.2) is 5.16 Å². The van der Waals surface area contributed by atoms with Gasteiger partial charge in [0.05, 0.1) is 23.7 Å². The largest absolute Gasteiger partial charge is 0.480 e. The first-order chi connectivity index (χ1) is 12.1. The Hall–Kier alpha value is -2.80. The maximum atomic E-state index is 11.9. The van der Waals surface area contributed by atoms with Crippen LogP contribution >= 0.6 is 11.8 Å². The Morgan fingerprint density at radius 1 is 1.16 bits per heavy atom. The molecule has 3 aromatic rings. The zero-order valence-electron chi connectivity index (χ0n) is 13.5. The van der Waals surface area contributed by atoms with Crippen molar-refractivity contribution in [2.75, 3.05) is 7.11 Å². The molecule has 0 fully saturated rings. The lowest BCUT2D eigenvalue weighted by atomic mass is 10.1. The predicted molar refractivity (Wildman–Crippen MR) is 94.7 cm³/mol. The van der Waals surface area contributed by atoms with Gasteiger partial charge in [-0.05, 0) is 23.8 Å². The number of aromatic nitrogens is 2. The van der Waals surface area contributed by atoms with E-state index in [1.54, 1.807) is 16.7 Å². The molecular weight excluding hydrogens is 340 g/mol. The number of hydrogen-bond donors (Lipinski definition) is 1. The quantitative estimate of drug-likeness (QED) is 0.539. The highest BCUT2D eigenvalue weighted by Crippen LogP contribution is 2.28. The van der Waals surface area contributed by atoms with E-state index in [9.17, 15) is 14.7 Å². The molecule has 0 saturated carbocycles. The van der Waals surface area contributed by atoms with Crippen molar-refractivity contribution < 1.29 is 19.4 Å². The van der Waals surface area contributed by atoms with Gasteiger partial charge in [0.25, 0.3) is 0 Å². The fraction of sp³-hybridized carbons (Fsp3) is 0.167. The molecule has 0 atom stereocenters. The third kappa shape index (κ3) is 3.66. The summed E-state index contributed by atoms with van der Waals surface area (Å²) in [5.41, 5.74) is 2.83. The summed E-state index contributed by atoms with van der Waals surface area (Å²) in [6.07, 6.45) is 0. The number of thioether (sulfide) groups is 1. The zero-order valence-corrected chi connectivity index (χ0v) is 14.3. The van der Waals surface area contributed by atoms with Crippen molar-refractivity contribution in [2.24, 2.45) is 0 Å². The Labute approximate surface area is 148 Å². The first kappa shape index (κ1) is 17.0. The third-order valence-electron chi connectivity index (χ3n) is 3.69. The first-order valence-electron chi connectivity index (χ1n) is 7.56. The van der Waals surface area contributed by atoms with Crippen LogP contribution in [-0.4, -0.2) is 33.7 Å². The summed E-state index contributed by atoms with van der Waals surface area (Å²) in [5.74, 6) is -0.844. The monoisotopic (exact) mass is 356 g/mol. The van der Waals surface area contributed by atoms with Crippen LogP contribution in [0.1, 0.15) is 15.9 Å². The normalized spacial score (nSPS) is 10.8. The highest BCUT2D eigenvalue weighted by atomic mass is 32.2. The average Bonchev–Trinajstić information content (AvgIpc) is 2.96. The smallest absolute Gasteiger partial charge is 0.338 e. The number of aliphatic carboxylic acids is 1. The van der Waals surface area contributed by atoms with Crippen LogP contribution in [0.2, 0.25) is 0 Å². The fourth-order valence-electron chi connectivity index (χ4n) is 2.55. The number of carbonyl (C=O) groups excluding carboxylic acids is 1. The summed E-state index contributed by atoms with van der Waals surface area (Å²) in [6.45, 7) is -0.165. The van der Waals surface area contributed by atoms with Gasteiger partial charge in [-0.25, -0.2) is 9.78 Å². The lowest BCUT2D eigenvalue weighted by Crippen LogP contribution is -2.10. The zero-order chi connectivity index (χ0) is 17.8. The number of fused-ring (bicyclic) bond motifs is 1. The highest BCUT2D eigenvalue weighted by molar-refractivity contribution is 7.98. The Kier molecular flexibility index (Phi) is 5.04. The van der Waals surface area contributed by atoms with Crippen LogP contribution in [0.4, 0.5) is 0 Å². The van der Waals surface area contributed by atoms with Crippen molar-refractivity contribution in [1.29, 1.82) is 0 Å². The van der Waals surface area contributed by atoms with Gasteiger partial charge in [-0.15, -0.1) is 0 Å². The van der Waals surface area contributed by atoms with E-state index in [0.717, 1.165) is 16.6 Å². The van der Waals surface area contributed by atoms with E-state index in [2.05, 4.69) is 4.98 Å². The van der Waals surface area contributed by atoms with Crippen molar-refractivity contribution in [3.8, 4) is 0 Å². The minimum Gasteiger partial charge on any atom is -0.480 e. The average molecular weight is 356 g/mol. The summed E-state index contributed by atoms with van der Waals surface area (Å²) < 4.78 is 6.48. The molecule has 2 aromatic carbocycles. The number of carboxylic acid groups (broad SMARTS) is 1. The van der Waals surface area contributed by atoms with Crippen molar-refractivity contribution in [2.45, 2.75) is 17.5 Å². The maximum Gasteiger partial charge on any atom is 0.338 e. The van der Waals surface area contributed by atoms with Gasteiger partial charge >= 0.3 is 11.9 Å². The summed E-state index contributed by atoms with van der Waals surface area (Å²) in [4.78, 5) is 27.6. The summed E-state index contributed by atoms with van der Waals surface area (Å²) >= 11 is 1.39. The Bertz CT molecular complexity index is 936. The SMILES string of the molecule is COC(=O)c1ccccc1CSc1nc2ccccc2n1CC(=O)O. The maximum absolute atomic E-state index is 11.9. The van der Waals surface area contributed by atoms with Crippen molar-refractivity contribution in [1.82, 2.24) is 9.55 Å². The van der Waals surface area contributed by atoms with Gasteiger partial charge in [-0.2, -0.15) is 0 Å². The first-order valence-corrected chi connectivity index (χ1v) is 8.55. The van der Waals surface area contributed by atoms with Crippen molar-refractivity contribution in [3.05, 3.63) is 59.7 Å². The molecule has 1 N–H and O–H groups in total. The van der Waals surface area contributed by atoms with Crippen LogP contribution in [0.15, 0.2) is 53.7 Å². The second kappa shape index (κ2) is 7.40. The molecule has 3 rings (SSSR count). The minimum absolute atomic E-state index is 0.165. The van der Waals surface area contributed by atoms with Crippen LogP contribution in [0, 0.1) is 0 Å². The van der Waals surface area contributed by atoms with Crippen LogP contribution in [0.5, 0.6) is 0 Å². The number of esters is 1. The number of benzene rings is 2. The summed E-state index contributed by atoms with van der Waals surface area (Å²) in [5, 5.41) is 9.78.